The fraction of sp³-hybridized carbons (Fsp3) is 0.250. The van der Waals surface area contributed by atoms with Crippen LogP contribution in [0.25, 0.3) is 0 Å². The lowest BCUT2D eigenvalue weighted by molar-refractivity contribution is 0.501. The minimum Gasteiger partial charge on any atom is -0.210 e. The van der Waals surface area contributed by atoms with Crippen molar-refractivity contribution < 1.29 is 12.8 Å². The molecular formula is C16H18FNO2S. The predicted octanol–water partition coefficient (Wildman–Crippen LogP) is 3.08. The van der Waals surface area contributed by atoms with Crippen LogP contribution >= 0.6 is 0 Å². The highest BCUT2D eigenvalue weighted by atomic mass is 32.2. The van der Waals surface area contributed by atoms with Crippen molar-refractivity contribution in [3.8, 4) is 0 Å². The van der Waals surface area contributed by atoms with Crippen molar-refractivity contribution in [2.45, 2.75) is 24.2 Å². The molecule has 0 saturated heterocycles. The Morgan fingerprint density at radius 1 is 1.00 bits per heavy atom. The van der Waals surface area contributed by atoms with Crippen LogP contribution in [0.15, 0.2) is 59.5 Å². The van der Waals surface area contributed by atoms with E-state index in [0.717, 1.165) is 17.7 Å². The molecule has 0 fully saturated rings. The van der Waals surface area contributed by atoms with Crippen molar-refractivity contribution in [1.82, 2.24) is 4.72 Å². The Hall–Kier alpha value is -1.72. The molecule has 21 heavy (non-hydrogen) atoms. The highest BCUT2D eigenvalue weighted by Crippen LogP contribution is 2.22. The van der Waals surface area contributed by atoms with Crippen LogP contribution in [0.1, 0.15) is 19.4 Å². The summed E-state index contributed by atoms with van der Waals surface area (Å²) in [6, 6.07) is 14.5. The lowest BCUT2D eigenvalue weighted by Crippen LogP contribution is -2.36. The van der Waals surface area contributed by atoms with Gasteiger partial charge in [0.25, 0.3) is 0 Å². The van der Waals surface area contributed by atoms with E-state index >= 15 is 0 Å². The first-order valence-electron chi connectivity index (χ1n) is 6.62. The number of hydrogen-bond acceptors (Lipinski definition) is 2. The summed E-state index contributed by atoms with van der Waals surface area (Å²) < 4.78 is 39.8. The minimum absolute atomic E-state index is 0.0627. The van der Waals surface area contributed by atoms with Crippen molar-refractivity contribution in [2.24, 2.45) is 0 Å². The van der Waals surface area contributed by atoms with E-state index in [1.807, 2.05) is 44.2 Å². The van der Waals surface area contributed by atoms with Gasteiger partial charge in [0.15, 0.2) is 0 Å². The number of benzene rings is 2. The molecule has 0 bridgehead atoms. The standard InChI is InChI=1S/C16H18FNO2S/c1-16(2,13-6-4-3-5-7-13)12-18-21(19,20)15-10-8-14(17)9-11-15/h3-11,18H,12H2,1-2H3. The first-order valence-corrected chi connectivity index (χ1v) is 8.10. The second-order valence-corrected chi connectivity index (χ2v) is 7.30. The Morgan fingerprint density at radius 3 is 2.14 bits per heavy atom. The van der Waals surface area contributed by atoms with E-state index in [0.29, 0.717) is 0 Å². The van der Waals surface area contributed by atoms with Gasteiger partial charge >= 0.3 is 0 Å². The summed E-state index contributed by atoms with van der Waals surface area (Å²) in [5.41, 5.74) is 0.709. The molecular weight excluding hydrogens is 289 g/mol. The summed E-state index contributed by atoms with van der Waals surface area (Å²) >= 11 is 0. The van der Waals surface area contributed by atoms with Gasteiger partial charge in [-0.25, -0.2) is 17.5 Å². The summed E-state index contributed by atoms with van der Waals surface area (Å²) in [5, 5.41) is 0. The van der Waals surface area contributed by atoms with Crippen LogP contribution < -0.4 is 4.72 Å². The fourth-order valence-electron chi connectivity index (χ4n) is 1.96. The van der Waals surface area contributed by atoms with Crippen LogP contribution in [0.5, 0.6) is 0 Å². The van der Waals surface area contributed by atoms with E-state index in [1.54, 1.807) is 0 Å². The van der Waals surface area contributed by atoms with E-state index in [1.165, 1.54) is 12.1 Å². The zero-order chi connectivity index (χ0) is 15.5. The molecule has 5 heteroatoms. The van der Waals surface area contributed by atoms with Crippen LogP contribution in [0.4, 0.5) is 4.39 Å². The quantitative estimate of drug-likeness (QED) is 0.922. The van der Waals surface area contributed by atoms with Crippen molar-refractivity contribution in [3.05, 3.63) is 66.0 Å². The minimum atomic E-state index is -3.63. The third kappa shape index (κ3) is 3.89. The van der Waals surface area contributed by atoms with Crippen LogP contribution in [-0.2, 0) is 15.4 Å². The molecule has 0 aromatic heterocycles. The van der Waals surface area contributed by atoms with Gasteiger partial charge in [0.1, 0.15) is 5.82 Å². The topological polar surface area (TPSA) is 46.2 Å². The maximum Gasteiger partial charge on any atom is 0.240 e. The van der Waals surface area contributed by atoms with Crippen LogP contribution in [0.3, 0.4) is 0 Å². The van der Waals surface area contributed by atoms with Gasteiger partial charge in [-0.1, -0.05) is 44.2 Å². The molecule has 0 amide bonds. The number of rotatable bonds is 5. The molecule has 0 atom stereocenters. The van der Waals surface area contributed by atoms with Gasteiger partial charge < -0.3 is 0 Å². The SMILES string of the molecule is CC(C)(CNS(=O)(=O)c1ccc(F)cc1)c1ccccc1. The first kappa shape index (κ1) is 15.7. The number of sulfonamides is 1. The Balaban J connectivity index is 2.13. The third-order valence-electron chi connectivity index (χ3n) is 3.38. The van der Waals surface area contributed by atoms with Crippen LogP contribution in [0.2, 0.25) is 0 Å². The summed E-state index contributed by atoms with van der Waals surface area (Å²) in [6.45, 7) is 4.20. The van der Waals surface area contributed by atoms with Gasteiger partial charge in [-0.15, -0.1) is 0 Å². The normalized spacial score (nSPS) is 12.3. The molecule has 2 aromatic rings. The Kier molecular flexibility index (Phi) is 4.44. The molecule has 1 N–H and O–H groups in total. The van der Waals surface area contributed by atoms with Crippen molar-refractivity contribution in [3.63, 3.8) is 0 Å². The monoisotopic (exact) mass is 307 g/mol. The first-order chi connectivity index (χ1) is 9.81. The highest BCUT2D eigenvalue weighted by Gasteiger charge is 2.24. The summed E-state index contributed by atoms with van der Waals surface area (Å²) in [5.74, 6) is -0.460. The maximum absolute atomic E-state index is 12.9. The third-order valence-corrected chi connectivity index (χ3v) is 4.80. The molecule has 0 radical (unpaired) electrons. The Bertz CT molecular complexity index is 695. The summed E-state index contributed by atoms with van der Waals surface area (Å²) in [7, 11) is -3.63. The Morgan fingerprint density at radius 2 is 1.57 bits per heavy atom. The molecule has 0 spiro atoms. The van der Waals surface area contributed by atoms with Gasteiger partial charge in [0.05, 0.1) is 4.90 Å². The highest BCUT2D eigenvalue weighted by molar-refractivity contribution is 7.89. The van der Waals surface area contributed by atoms with E-state index < -0.39 is 15.8 Å². The molecule has 2 rings (SSSR count). The number of nitrogens with one attached hydrogen (secondary N) is 1. The number of hydrogen-bond donors (Lipinski definition) is 1. The maximum atomic E-state index is 12.9. The van der Waals surface area contributed by atoms with Crippen molar-refractivity contribution in [2.75, 3.05) is 6.54 Å². The van der Waals surface area contributed by atoms with Gasteiger partial charge in [-0.2, -0.15) is 0 Å². The van der Waals surface area contributed by atoms with Gasteiger partial charge in [0, 0.05) is 12.0 Å². The van der Waals surface area contributed by atoms with Gasteiger partial charge in [0.2, 0.25) is 10.0 Å². The Labute approximate surface area is 124 Å². The second-order valence-electron chi connectivity index (χ2n) is 5.53. The lowest BCUT2D eigenvalue weighted by atomic mass is 9.85. The average molecular weight is 307 g/mol. The molecule has 0 aliphatic heterocycles. The fourth-order valence-corrected chi connectivity index (χ4v) is 3.18. The van der Waals surface area contributed by atoms with Gasteiger partial charge in [-0.3, -0.25) is 0 Å². The van der Waals surface area contributed by atoms with Crippen molar-refractivity contribution in [1.29, 1.82) is 0 Å². The van der Waals surface area contributed by atoms with Crippen LogP contribution in [0, 0.1) is 5.82 Å². The summed E-state index contributed by atoms with van der Waals surface area (Å²) in [6.07, 6.45) is 0. The molecule has 0 aliphatic carbocycles. The van der Waals surface area contributed by atoms with E-state index in [9.17, 15) is 12.8 Å². The molecule has 0 saturated carbocycles. The van der Waals surface area contributed by atoms with Crippen LogP contribution in [-0.4, -0.2) is 15.0 Å². The zero-order valence-corrected chi connectivity index (χ0v) is 12.8. The largest absolute Gasteiger partial charge is 0.240 e. The molecule has 0 unspecified atom stereocenters. The predicted molar refractivity (Wildman–Crippen MR) is 81.1 cm³/mol. The smallest absolute Gasteiger partial charge is 0.210 e. The molecule has 112 valence electrons. The number of halogens is 1. The molecule has 0 aliphatic rings. The lowest BCUT2D eigenvalue weighted by Gasteiger charge is -2.25. The van der Waals surface area contributed by atoms with Crippen molar-refractivity contribution >= 4 is 10.0 Å². The van der Waals surface area contributed by atoms with Gasteiger partial charge in [-0.05, 0) is 29.8 Å². The van der Waals surface area contributed by atoms with E-state index in [4.69, 9.17) is 0 Å². The molecule has 3 nitrogen and oxygen atoms in total. The molecule has 2 aromatic carbocycles. The summed E-state index contributed by atoms with van der Waals surface area (Å²) in [4.78, 5) is 0.0627. The second kappa shape index (κ2) is 5.95. The average Bonchev–Trinajstić information content (AvgIpc) is 2.47. The zero-order valence-electron chi connectivity index (χ0n) is 12.0. The van der Waals surface area contributed by atoms with E-state index in [2.05, 4.69) is 4.72 Å². The van der Waals surface area contributed by atoms with E-state index in [-0.39, 0.29) is 16.9 Å². The molecule has 0 heterocycles.